The Labute approximate surface area is 186 Å². The third-order valence-electron chi connectivity index (χ3n) is 5.49. The third-order valence-corrected chi connectivity index (χ3v) is 5.99. The van der Waals surface area contributed by atoms with Gasteiger partial charge in [-0.15, -0.1) is 0 Å². The van der Waals surface area contributed by atoms with Gasteiger partial charge in [-0.25, -0.2) is 0 Å². The van der Waals surface area contributed by atoms with E-state index in [1.807, 2.05) is 24.3 Å². The molecule has 0 aromatic heterocycles. The highest BCUT2D eigenvalue weighted by Gasteiger charge is 2.21. The van der Waals surface area contributed by atoms with Crippen LogP contribution in [0.25, 0.3) is 6.08 Å². The van der Waals surface area contributed by atoms with Crippen LogP contribution in [-0.4, -0.2) is 43.7 Å². The van der Waals surface area contributed by atoms with Crippen molar-refractivity contribution < 1.29 is 14.3 Å². The molecule has 30 heavy (non-hydrogen) atoms. The van der Waals surface area contributed by atoms with Crippen molar-refractivity contribution in [2.75, 3.05) is 32.2 Å². The van der Waals surface area contributed by atoms with Crippen LogP contribution >= 0.6 is 23.2 Å². The van der Waals surface area contributed by atoms with Crippen molar-refractivity contribution in [1.29, 1.82) is 0 Å². The number of anilines is 1. The molecule has 0 radical (unpaired) electrons. The molecule has 2 aliphatic rings. The molecule has 2 heterocycles. The summed E-state index contributed by atoms with van der Waals surface area (Å²) >= 11 is 12.2. The SMILES string of the molecule is CN(Cc1ccc(NC(=O)C2=Cc3cc(Cl)cc(Cl)c3OC2)cc1)C1CCOCC1. The largest absolute Gasteiger partial charge is 0.486 e. The van der Waals surface area contributed by atoms with E-state index in [9.17, 15) is 4.79 Å². The van der Waals surface area contributed by atoms with Crippen LogP contribution in [0.1, 0.15) is 24.0 Å². The van der Waals surface area contributed by atoms with E-state index in [0.717, 1.165) is 38.3 Å². The van der Waals surface area contributed by atoms with Crippen LogP contribution < -0.4 is 10.1 Å². The zero-order valence-electron chi connectivity index (χ0n) is 16.8. The Morgan fingerprint density at radius 3 is 2.63 bits per heavy atom. The first-order chi connectivity index (χ1) is 14.5. The number of amides is 1. The summed E-state index contributed by atoms with van der Waals surface area (Å²) in [4.78, 5) is 15.0. The molecule has 7 heteroatoms. The van der Waals surface area contributed by atoms with Crippen LogP contribution in [0.15, 0.2) is 42.0 Å². The Balaban J connectivity index is 1.38. The summed E-state index contributed by atoms with van der Waals surface area (Å²) in [6, 6.07) is 11.9. The van der Waals surface area contributed by atoms with Gasteiger partial charge in [0.2, 0.25) is 0 Å². The first-order valence-electron chi connectivity index (χ1n) is 10.0. The van der Waals surface area contributed by atoms with Gasteiger partial charge in [0, 0.05) is 42.1 Å². The van der Waals surface area contributed by atoms with E-state index < -0.39 is 0 Å². The molecule has 1 amide bonds. The van der Waals surface area contributed by atoms with Gasteiger partial charge in [0.1, 0.15) is 12.4 Å². The second kappa shape index (κ2) is 9.40. The van der Waals surface area contributed by atoms with Gasteiger partial charge in [-0.1, -0.05) is 35.3 Å². The fraction of sp³-hybridized carbons (Fsp3) is 0.348. The van der Waals surface area contributed by atoms with Gasteiger partial charge in [-0.3, -0.25) is 9.69 Å². The number of nitrogens with zero attached hydrogens (tertiary/aromatic N) is 1. The highest BCUT2D eigenvalue weighted by Crippen LogP contribution is 2.36. The molecule has 0 spiro atoms. The normalized spacial score (nSPS) is 16.6. The Hall–Kier alpha value is -2.05. The number of nitrogens with one attached hydrogen (secondary N) is 1. The summed E-state index contributed by atoms with van der Waals surface area (Å²) in [6.45, 7) is 2.70. The van der Waals surface area contributed by atoms with Gasteiger partial charge < -0.3 is 14.8 Å². The molecule has 2 aromatic rings. The van der Waals surface area contributed by atoms with Gasteiger partial charge in [0.25, 0.3) is 5.91 Å². The summed E-state index contributed by atoms with van der Waals surface area (Å²) in [5.41, 5.74) is 3.17. The number of hydrogen-bond acceptors (Lipinski definition) is 4. The van der Waals surface area contributed by atoms with Gasteiger partial charge in [-0.2, -0.15) is 0 Å². The molecule has 0 unspecified atom stereocenters. The number of rotatable bonds is 5. The molecule has 4 rings (SSSR count). The lowest BCUT2D eigenvalue weighted by Crippen LogP contribution is -2.36. The zero-order chi connectivity index (χ0) is 21.1. The van der Waals surface area contributed by atoms with Crippen LogP contribution in [0.5, 0.6) is 5.75 Å². The van der Waals surface area contributed by atoms with Crippen LogP contribution in [0.4, 0.5) is 5.69 Å². The fourth-order valence-electron chi connectivity index (χ4n) is 3.80. The van der Waals surface area contributed by atoms with Crippen LogP contribution in [0.2, 0.25) is 10.0 Å². The average molecular weight is 447 g/mol. The first-order valence-corrected chi connectivity index (χ1v) is 10.8. The van der Waals surface area contributed by atoms with E-state index in [-0.39, 0.29) is 12.5 Å². The van der Waals surface area contributed by atoms with Crippen LogP contribution in [-0.2, 0) is 16.1 Å². The van der Waals surface area contributed by atoms with Gasteiger partial charge in [-0.05, 0) is 55.8 Å². The number of benzene rings is 2. The van der Waals surface area contributed by atoms with E-state index in [2.05, 4.69) is 17.3 Å². The second-order valence-corrected chi connectivity index (χ2v) is 8.52. The standard InChI is InChI=1S/C23H24Cl2N2O3/c1-27(20-6-8-29-9-7-20)13-15-2-4-19(5-3-15)26-23(28)17-10-16-11-18(24)12-21(25)22(16)30-14-17/h2-5,10-12,20H,6-9,13-14H2,1H3,(H,26,28). The number of fused-ring (bicyclic) bond motifs is 1. The Morgan fingerprint density at radius 1 is 1.17 bits per heavy atom. The molecule has 5 nitrogen and oxygen atoms in total. The zero-order valence-corrected chi connectivity index (χ0v) is 18.3. The highest BCUT2D eigenvalue weighted by atomic mass is 35.5. The number of halogens is 2. The second-order valence-electron chi connectivity index (χ2n) is 7.67. The molecule has 1 saturated heterocycles. The number of carbonyl (C=O) groups is 1. The molecule has 2 aliphatic heterocycles. The number of ether oxygens (including phenoxy) is 2. The molecular formula is C23H24Cl2N2O3. The molecule has 0 bridgehead atoms. The lowest BCUT2D eigenvalue weighted by Gasteiger charge is -2.31. The third kappa shape index (κ3) is 4.98. The summed E-state index contributed by atoms with van der Waals surface area (Å²) in [5.74, 6) is 0.347. The lowest BCUT2D eigenvalue weighted by molar-refractivity contribution is -0.113. The van der Waals surface area contributed by atoms with E-state index in [1.54, 1.807) is 18.2 Å². The molecule has 2 aromatic carbocycles. The summed E-state index contributed by atoms with van der Waals surface area (Å²) in [7, 11) is 2.15. The van der Waals surface area contributed by atoms with Gasteiger partial charge in [0.05, 0.1) is 10.6 Å². The van der Waals surface area contributed by atoms with E-state index >= 15 is 0 Å². The van der Waals surface area contributed by atoms with Gasteiger partial charge in [0.15, 0.2) is 0 Å². The van der Waals surface area contributed by atoms with Gasteiger partial charge >= 0.3 is 0 Å². The molecule has 1 fully saturated rings. The van der Waals surface area contributed by atoms with E-state index in [1.165, 1.54) is 5.56 Å². The molecule has 0 saturated carbocycles. The number of hydrogen-bond donors (Lipinski definition) is 1. The lowest BCUT2D eigenvalue weighted by atomic mass is 10.1. The van der Waals surface area contributed by atoms with E-state index in [0.29, 0.717) is 33.0 Å². The molecular weight excluding hydrogens is 423 g/mol. The molecule has 1 N–H and O–H groups in total. The molecule has 0 aliphatic carbocycles. The number of carbonyl (C=O) groups excluding carboxylic acids is 1. The Morgan fingerprint density at radius 2 is 1.90 bits per heavy atom. The van der Waals surface area contributed by atoms with Crippen molar-refractivity contribution in [2.45, 2.75) is 25.4 Å². The smallest absolute Gasteiger partial charge is 0.255 e. The summed E-state index contributed by atoms with van der Waals surface area (Å²) < 4.78 is 11.1. The van der Waals surface area contributed by atoms with Crippen molar-refractivity contribution in [2.24, 2.45) is 0 Å². The minimum atomic E-state index is -0.205. The predicted molar refractivity (Wildman–Crippen MR) is 120 cm³/mol. The maximum absolute atomic E-state index is 12.7. The van der Waals surface area contributed by atoms with Crippen molar-refractivity contribution in [3.63, 3.8) is 0 Å². The van der Waals surface area contributed by atoms with Crippen molar-refractivity contribution in [3.05, 3.63) is 63.1 Å². The highest BCUT2D eigenvalue weighted by molar-refractivity contribution is 6.36. The van der Waals surface area contributed by atoms with Crippen molar-refractivity contribution in [1.82, 2.24) is 4.90 Å². The first kappa shape index (κ1) is 21.2. The van der Waals surface area contributed by atoms with Crippen molar-refractivity contribution in [3.8, 4) is 5.75 Å². The maximum Gasteiger partial charge on any atom is 0.255 e. The average Bonchev–Trinajstić information content (AvgIpc) is 2.75. The Bertz CT molecular complexity index is 954. The molecule has 158 valence electrons. The minimum absolute atomic E-state index is 0.161. The summed E-state index contributed by atoms with van der Waals surface area (Å²) in [5, 5.41) is 3.87. The monoisotopic (exact) mass is 446 g/mol. The predicted octanol–water partition coefficient (Wildman–Crippen LogP) is 5.02. The summed E-state index contributed by atoms with van der Waals surface area (Å²) in [6.07, 6.45) is 3.91. The minimum Gasteiger partial charge on any atom is -0.486 e. The quantitative estimate of drug-likeness (QED) is 0.700. The van der Waals surface area contributed by atoms with Crippen LogP contribution in [0.3, 0.4) is 0 Å². The molecule has 0 atom stereocenters. The fourth-order valence-corrected chi connectivity index (χ4v) is 4.36. The Kier molecular flexibility index (Phi) is 6.64. The maximum atomic E-state index is 12.7. The van der Waals surface area contributed by atoms with E-state index in [4.69, 9.17) is 32.7 Å². The van der Waals surface area contributed by atoms with Crippen molar-refractivity contribution >= 4 is 40.9 Å². The van der Waals surface area contributed by atoms with Crippen LogP contribution in [0, 0.1) is 0 Å². The topological polar surface area (TPSA) is 50.8 Å².